The van der Waals surface area contributed by atoms with E-state index in [1.54, 1.807) is 6.07 Å². The molecule has 6 heteroatoms. The van der Waals surface area contributed by atoms with Crippen molar-refractivity contribution in [3.8, 4) is 5.75 Å². The number of alkyl halides is 4. The summed E-state index contributed by atoms with van der Waals surface area (Å²) in [7, 11) is 0. The second kappa shape index (κ2) is 6.14. The van der Waals surface area contributed by atoms with E-state index in [0.717, 1.165) is 30.4 Å². The van der Waals surface area contributed by atoms with Crippen LogP contribution in [0, 0.1) is 0 Å². The van der Waals surface area contributed by atoms with Gasteiger partial charge in [0.2, 0.25) is 0 Å². The lowest BCUT2D eigenvalue weighted by Gasteiger charge is -2.33. The van der Waals surface area contributed by atoms with Gasteiger partial charge in [0.25, 0.3) is 0 Å². The number of rotatable bonds is 4. The maximum Gasteiger partial charge on any atom is 0.461 e. The summed E-state index contributed by atoms with van der Waals surface area (Å²) in [4.78, 5) is 0. The summed E-state index contributed by atoms with van der Waals surface area (Å²) >= 11 is 1.96. The second-order valence-electron chi connectivity index (χ2n) is 5.62. The smallest absolute Gasteiger partial charge is 0.428 e. The zero-order valence-corrected chi connectivity index (χ0v) is 12.6. The lowest BCUT2D eigenvalue weighted by atomic mass is 9.93. The van der Waals surface area contributed by atoms with E-state index >= 15 is 0 Å². The number of hydrogen-bond acceptors (Lipinski definition) is 2. The Hall–Kier alpha value is -1.17. The first-order chi connectivity index (χ1) is 10.4. The van der Waals surface area contributed by atoms with Gasteiger partial charge in [0.05, 0.1) is 0 Å². The van der Waals surface area contributed by atoms with Gasteiger partial charge in [-0.3, -0.25) is 0 Å². The van der Waals surface area contributed by atoms with Crippen molar-refractivity contribution >= 4 is 17.3 Å². The Bertz CT molecular complexity index is 573. The molecular weight excluding hydrogens is 316 g/mol. The predicted molar refractivity (Wildman–Crippen MR) is 79.6 cm³/mol. The van der Waals surface area contributed by atoms with E-state index in [4.69, 9.17) is 0 Å². The standard InChI is InChI=1S/C16H16F4OS/c17-15(18)16(19,20)21-12-4-1-3-10(7-12)11-8-13-5-2-6-14(9-11)22-13/h1,3-4,7-8,13-15H,2,5-6,9H2. The van der Waals surface area contributed by atoms with E-state index < -0.39 is 12.5 Å². The van der Waals surface area contributed by atoms with Gasteiger partial charge in [0, 0.05) is 10.5 Å². The van der Waals surface area contributed by atoms with Gasteiger partial charge in [-0.15, -0.1) is 0 Å². The van der Waals surface area contributed by atoms with Crippen molar-refractivity contribution in [2.75, 3.05) is 0 Å². The van der Waals surface area contributed by atoms with Crippen molar-refractivity contribution in [2.45, 2.75) is 48.7 Å². The minimum Gasteiger partial charge on any atom is -0.428 e. The summed E-state index contributed by atoms with van der Waals surface area (Å²) in [5, 5.41) is 1.03. The highest BCUT2D eigenvalue weighted by molar-refractivity contribution is 8.00. The highest BCUT2D eigenvalue weighted by Crippen LogP contribution is 2.43. The van der Waals surface area contributed by atoms with Crippen LogP contribution in [-0.2, 0) is 0 Å². The van der Waals surface area contributed by atoms with Gasteiger partial charge in [0.1, 0.15) is 5.75 Å². The number of ether oxygens (including phenoxy) is 1. The van der Waals surface area contributed by atoms with Gasteiger partial charge in [-0.05, 0) is 42.5 Å². The molecule has 1 nitrogen and oxygen atoms in total. The molecule has 0 amide bonds. The number of fused-ring (bicyclic) bond motifs is 2. The molecule has 22 heavy (non-hydrogen) atoms. The maximum atomic E-state index is 13.0. The fourth-order valence-corrected chi connectivity index (χ4v) is 4.53. The normalized spacial score (nSPS) is 25.0. The Balaban J connectivity index is 1.81. The van der Waals surface area contributed by atoms with E-state index in [1.807, 2.05) is 17.8 Å². The molecular formula is C16H16F4OS. The average Bonchev–Trinajstić information content (AvgIpc) is 2.46. The Morgan fingerprint density at radius 1 is 1.23 bits per heavy atom. The van der Waals surface area contributed by atoms with Crippen LogP contribution >= 0.6 is 11.8 Å². The predicted octanol–water partition coefficient (Wildman–Crippen LogP) is 5.36. The largest absolute Gasteiger partial charge is 0.461 e. The van der Waals surface area contributed by atoms with Crippen molar-refractivity contribution in [3.63, 3.8) is 0 Å². The summed E-state index contributed by atoms with van der Waals surface area (Å²) < 4.78 is 54.6. The fourth-order valence-electron chi connectivity index (χ4n) is 2.92. The average molecular weight is 332 g/mol. The van der Waals surface area contributed by atoms with Crippen LogP contribution in [-0.4, -0.2) is 23.0 Å². The van der Waals surface area contributed by atoms with Gasteiger partial charge < -0.3 is 4.74 Å². The molecule has 0 aromatic heterocycles. The lowest BCUT2D eigenvalue weighted by Crippen LogP contribution is -2.33. The van der Waals surface area contributed by atoms with Crippen molar-refractivity contribution in [2.24, 2.45) is 0 Å². The Labute approximate surface area is 130 Å². The minimum atomic E-state index is -4.47. The molecule has 0 aliphatic carbocycles. The topological polar surface area (TPSA) is 9.23 Å². The molecule has 0 N–H and O–H groups in total. The quantitative estimate of drug-likeness (QED) is 0.686. The van der Waals surface area contributed by atoms with Gasteiger partial charge in [-0.2, -0.15) is 29.3 Å². The monoisotopic (exact) mass is 332 g/mol. The Kier molecular flexibility index (Phi) is 4.39. The molecule has 0 saturated carbocycles. The fraction of sp³-hybridized carbons (Fsp3) is 0.500. The molecule has 3 rings (SSSR count). The van der Waals surface area contributed by atoms with Gasteiger partial charge in [0.15, 0.2) is 0 Å². The van der Waals surface area contributed by atoms with Gasteiger partial charge >= 0.3 is 12.5 Å². The zero-order chi connectivity index (χ0) is 15.7. The van der Waals surface area contributed by atoms with E-state index in [-0.39, 0.29) is 5.75 Å². The first kappa shape index (κ1) is 15.7. The van der Waals surface area contributed by atoms with E-state index in [0.29, 0.717) is 10.5 Å². The first-order valence-electron chi connectivity index (χ1n) is 7.25. The number of allylic oxidation sites excluding steroid dienone is 1. The number of thioether (sulfide) groups is 1. The molecule has 2 unspecified atom stereocenters. The van der Waals surface area contributed by atoms with E-state index in [9.17, 15) is 17.6 Å². The van der Waals surface area contributed by atoms with Crippen molar-refractivity contribution < 1.29 is 22.3 Å². The molecule has 2 atom stereocenters. The molecule has 120 valence electrons. The van der Waals surface area contributed by atoms with Crippen molar-refractivity contribution in [3.05, 3.63) is 35.9 Å². The zero-order valence-electron chi connectivity index (χ0n) is 11.8. The molecule has 1 aromatic rings. The van der Waals surface area contributed by atoms with Crippen LogP contribution in [0.3, 0.4) is 0 Å². The molecule has 2 aliphatic rings. The van der Waals surface area contributed by atoms with Crippen LogP contribution in [0.2, 0.25) is 0 Å². The van der Waals surface area contributed by atoms with Crippen molar-refractivity contribution in [1.82, 2.24) is 0 Å². The molecule has 1 saturated heterocycles. The molecule has 2 bridgehead atoms. The van der Waals surface area contributed by atoms with Crippen LogP contribution in [0.1, 0.15) is 31.2 Å². The summed E-state index contributed by atoms with van der Waals surface area (Å²) in [5.41, 5.74) is 1.87. The molecule has 2 heterocycles. The summed E-state index contributed by atoms with van der Waals surface area (Å²) in [6, 6.07) is 6.07. The van der Waals surface area contributed by atoms with Gasteiger partial charge in [-0.1, -0.05) is 24.6 Å². The molecule has 0 spiro atoms. The molecule has 1 fully saturated rings. The van der Waals surface area contributed by atoms with Crippen LogP contribution in [0.4, 0.5) is 17.6 Å². The van der Waals surface area contributed by atoms with E-state index in [2.05, 4.69) is 10.8 Å². The van der Waals surface area contributed by atoms with Crippen LogP contribution in [0.25, 0.3) is 5.57 Å². The van der Waals surface area contributed by atoms with Crippen LogP contribution < -0.4 is 4.74 Å². The Morgan fingerprint density at radius 2 is 2.05 bits per heavy atom. The third-order valence-electron chi connectivity index (χ3n) is 3.93. The van der Waals surface area contributed by atoms with Crippen molar-refractivity contribution in [1.29, 1.82) is 0 Å². The first-order valence-corrected chi connectivity index (χ1v) is 8.20. The Morgan fingerprint density at radius 3 is 2.77 bits per heavy atom. The number of halogens is 4. The molecule has 1 aromatic carbocycles. The third kappa shape index (κ3) is 3.42. The van der Waals surface area contributed by atoms with Crippen LogP contribution in [0.15, 0.2) is 30.3 Å². The summed E-state index contributed by atoms with van der Waals surface area (Å²) in [6.45, 7) is 0. The highest BCUT2D eigenvalue weighted by Gasteiger charge is 2.44. The minimum absolute atomic E-state index is 0.230. The molecule has 0 radical (unpaired) electrons. The number of hydrogen-bond donors (Lipinski definition) is 0. The summed E-state index contributed by atoms with van der Waals surface area (Å²) in [5.74, 6) is -0.230. The summed E-state index contributed by atoms with van der Waals surface area (Å²) in [6.07, 6.45) is -1.74. The molecule has 2 aliphatic heterocycles. The second-order valence-corrected chi connectivity index (χ2v) is 7.16. The van der Waals surface area contributed by atoms with Crippen LogP contribution in [0.5, 0.6) is 5.75 Å². The SMILES string of the molecule is FC(F)C(F)(F)Oc1cccc(C2=CC3CCCC(C2)S3)c1. The van der Waals surface area contributed by atoms with E-state index in [1.165, 1.54) is 18.6 Å². The third-order valence-corrected chi connectivity index (χ3v) is 5.44. The number of benzene rings is 1. The maximum absolute atomic E-state index is 13.0. The highest BCUT2D eigenvalue weighted by atomic mass is 32.2. The lowest BCUT2D eigenvalue weighted by molar-refractivity contribution is -0.253. The van der Waals surface area contributed by atoms with Gasteiger partial charge in [-0.25, -0.2) is 0 Å².